The van der Waals surface area contributed by atoms with Crippen LogP contribution in [0.15, 0.2) is 18.2 Å². The highest BCUT2D eigenvalue weighted by Gasteiger charge is 2.27. The van der Waals surface area contributed by atoms with Gasteiger partial charge in [0.15, 0.2) is 6.79 Å². The van der Waals surface area contributed by atoms with Crippen molar-refractivity contribution in [1.29, 1.82) is 0 Å². The van der Waals surface area contributed by atoms with E-state index >= 15 is 0 Å². The molecule has 1 aromatic rings. The Morgan fingerprint density at radius 3 is 2.61 bits per heavy atom. The van der Waals surface area contributed by atoms with Crippen molar-refractivity contribution >= 4 is 23.3 Å². The van der Waals surface area contributed by atoms with Crippen LogP contribution in [0.4, 0.5) is 18.9 Å². The molecule has 0 bridgehead atoms. The van der Waals surface area contributed by atoms with E-state index in [1.807, 2.05) is 0 Å². The zero-order valence-corrected chi connectivity index (χ0v) is 9.72. The van der Waals surface area contributed by atoms with E-state index in [0.29, 0.717) is 5.69 Å². The van der Waals surface area contributed by atoms with Gasteiger partial charge in [-0.2, -0.15) is 13.2 Å². The van der Waals surface area contributed by atoms with Crippen molar-refractivity contribution in [3.8, 4) is 0 Å². The third-order valence-electron chi connectivity index (χ3n) is 1.75. The first-order valence-electron chi connectivity index (χ1n) is 4.66. The summed E-state index contributed by atoms with van der Waals surface area (Å²) in [5.74, 6) is -0.887. The van der Waals surface area contributed by atoms with Crippen LogP contribution in [0.1, 0.15) is 10.4 Å². The first-order chi connectivity index (χ1) is 8.29. The quantitative estimate of drug-likeness (QED) is 0.399. The molecule has 0 aliphatic heterocycles. The number of hydrogen-bond acceptors (Lipinski definition) is 4. The lowest BCUT2D eigenvalue weighted by Gasteiger charge is -2.09. The Kier molecular flexibility index (Phi) is 4.80. The number of esters is 1. The van der Waals surface area contributed by atoms with Gasteiger partial charge in [-0.1, -0.05) is 11.6 Å². The van der Waals surface area contributed by atoms with Gasteiger partial charge in [0.05, 0.1) is 10.6 Å². The molecule has 18 heavy (non-hydrogen) atoms. The summed E-state index contributed by atoms with van der Waals surface area (Å²) in [6.45, 7) is -2.30. The van der Waals surface area contributed by atoms with E-state index in [1.165, 1.54) is 18.2 Å². The van der Waals surface area contributed by atoms with Crippen LogP contribution >= 0.6 is 11.6 Å². The van der Waals surface area contributed by atoms with Gasteiger partial charge in [-0.15, -0.1) is 0 Å². The van der Waals surface area contributed by atoms with Crippen LogP contribution < -0.4 is 5.73 Å². The number of hydrogen-bond donors (Lipinski definition) is 1. The lowest BCUT2D eigenvalue weighted by Crippen LogP contribution is -2.19. The van der Waals surface area contributed by atoms with Crippen LogP contribution in [-0.4, -0.2) is 25.5 Å². The van der Waals surface area contributed by atoms with Gasteiger partial charge >= 0.3 is 12.1 Å². The van der Waals surface area contributed by atoms with Crippen molar-refractivity contribution in [2.24, 2.45) is 0 Å². The summed E-state index contributed by atoms with van der Waals surface area (Å²) in [4.78, 5) is 11.4. The fourth-order valence-electron chi connectivity index (χ4n) is 1.03. The number of rotatable bonds is 4. The number of anilines is 1. The normalized spacial score (nSPS) is 11.3. The Bertz CT molecular complexity index is 437. The van der Waals surface area contributed by atoms with Crippen LogP contribution in [0.25, 0.3) is 0 Å². The van der Waals surface area contributed by atoms with Crippen molar-refractivity contribution in [3.63, 3.8) is 0 Å². The van der Waals surface area contributed by atoms with Gasteiger partial charge in [0.2, 0.25) is 0 Å². The third-order valence-corrected chi connectivity index (χ3v) is 2.06. The predicted octanol–water partition coefficient (Wildman–Crippen LogP) is 2.62. The van der Waals surface area contributed by atoms with Gasteiger partial charge < -0.3 is 15.2 Å². The molecule has 0 aromatic heterocycles. The van der Waals surface area contributed by atoms with Gasteiger partial charge in [-0.05, 0) is 18.2 Å². The lowest BCUT2D eigenvalue weighted by atomic mass is 10.2. The van der Waals surface area contributed by atoms with E-state index in [1.54, 1.807) is 0 Å². The van der Waals surface area contributed by atoms with Crippen molar-refractivity contribution in [1.82, 2.24) is 0 Å². The summed E-state index contributed by atoms with van der Waals surface area (Å²) in [6, 6.07) is 4.05. The van der Waals surface area contributed by atoms with Crippen molar-refractivity contribution in [3.05, 3.63) is 28.8 Å². The second-order valence-electron chi connectivity index (χ2n) is 3.25. The minimum Gasteiger partial charge on any atom is -0.435 e. The molecule has 0 aliphatic rings. The molecule has 0 saturated heterocycles. The minimum atomic E-state index is -4.47. The van der Waals surface area contributed by atoms with E-state index in [-0.39, 0.29) is 10.6 Å². The molecule has 0 unspecified atom stereocenters. The van der Waals surface area contributed by atoms with Crippen LogP contribution in [-0.2, 0) is 9.47 Å². The molecule has 0 amide bonds. The van der Waals surface area contributed by atoms with Crippen molar-refractivity contribution < 1.29 is 27.4 Å². The molecule has 0 spiro atoms. The summed E-state index contributed by atoms with van der Waals surface area (Å²) >= 11 is 5.71. The molecular formula is C10H9ClF3NO3. The Morgan fingerprint density at radius 1 is 1.39 bits per heavy atom. The smallest absolute Gasteiger partial charge is 0.411 e. The van der Waals surface area contributed by atoms with E-state index in [0.717, 1.165) is 0 Å². The highest BCUT2D eigenvalue weighted by atomic mass is 35.5. The molecule has 0 saturated carbocycles. The Morgan fingerprint density at radius 2 is 2.06 bits per heavy atom. The molecule has 8 heteroatoms. The number of halogens is 4. The molecule has 0 atom stereocenters. The summed E-state index contributed by atoms with van der Waals surface area (Å²) in [6.07, 6.45) is -4.47. The number of nitrogens with two attached hydrogens (primary N) is 1. The average Bonchev–Trinajstić information content (AvgIpc) is 2.22. The second kappa shape index (κ2) is 5.92. The van der Waals surface area contributed by atoms with Crippen molar-refractivity contribution in [2.45, 2.75) is 6.18 Å². The van der Waals surface area contributed by atoms with Gasteiger partial charge in [-0.25, -0.2) is 4.79 Å². The molecule has 4 nitrogen and oxygen atoms in total. The van der Waals surface area contributed by atoms with Gasteiger partial charge in [0.1, 0.15) is 6.61 Å². The fraction of sp³-hybridized carbons (Fsp3) is 0.300. The molecule has 100 valence electrons. The molecule has 0 fully saturated rings. The van der Waals surface area contributed by atoms with Crippen LogP contribution in [0.5, 0.6) is 0 Å². The van der Waals surface area contributed by atoms with Gasteiger partial charge in [0.25, 0.3) is 0 Å². The number of nitrogen functional groups attached to an aromatic ring is 1. The SMILES string of the molecule is Nc1ccc(C(=O)OCOCC(F)(F)F)c(Cl)c1. The first-order valence-corrected chi connectivity index (χ1v) is 5.04. The number of carbonyl (C=O) groups is 1. The maximum absolute atomic E-state index is 11.7. The van der Waals surface area contributed by atoms with Gasteiger partial charge in [-0.3, -0.25) is 0 Å². The lowest BCUT2D eigenvalue weighted by molar-refractivity contribution is -0.190. The first kappa shape index (κ1) is 14.6. The van der Waals surface area contributed by atoms with E-state index in [4.69, 9.17) is 17.3 Å². The Labute approximate surface area is 105 Å². The third kappa shape index (κ3) is 4.80. The molecule has 0 aliphatic carbocycles. The highest BCUT2D eigenvalue weighted by Crippen LogP contribution is 2.20. The van der Waals surface area contributed by atoms with Gasteiger partial charge in [0, 0.05) is 5.69 Å². The van der Waals surface area contributed by atoms with E-state index in [9.17, 15) is 18.0 Å². The summed E-state index contributed by atoms with van der Waals surface area (Å²) in [5.41, 5.74) is 5.76. The van der Waals surface area contributed by atoms with Crippen LogP contribution in [0, 0.1) is 0 Å². The molecular weight excluding hydrogens is 275 g/mol. The molecule has 1 rings (SSSR count). The van der Waals surface area contributed by atoms with E-state index < -0.39 is 25.5 Å². The molecule has 0 heterocycles. The largest absolute Gasteiger partial charge is 0.435 e. The highest BCUT2D eigenvalue weighted by molar-refractivity contribution is 6.33. The number of alkyl halides is 3. The zero-order valence-electron chi connectivity index (χ0n) is 8.96. The average molecular weight is 284 g/mol. The molecule has 1 aromatic carbocycles. The summed E-state index contributed by atoms with van der Waals surface area (Å²) < 4.78 is 43.7. The zero-order chi connectivity index (χ0) is 13.8. The van der Waals surface area contributed by atoms with Crippen LogP contribution in [0.3, 0.4) is 0 Å². The topological polar surface area (TPSA) is 61.6 Å². The number of ether oxygens (including phenoxy) is 2. The van der Waals surface area contributed by atoms with Crippen molar-refractivity contribution in [2.75, 3.05) is 19.1 Å². The van der Waals surface area contributed by atoms with Crippen LogP contribution in [0.2, 0.25) is 5.02 Å². The molecule has 2 N–H and O–H groups in total. The molecule has 0 radical (unpaired) electrons. The number of carbonyl (C=O) groups excluding carboxylic acids is 1. The summed E-state index contributed by atoms with van der Waals surface area (Å²) in [7, 11) is 0. The standard InChI is InChI=1S/C10H9ClF3NO3/c11-8-3-6(15)1-2-7(8)9(16)18-5-17-4-10(12,13)14/h1-3H,4-5,15H2. The Hall–Kier alpha value is -1.47. The monoisotopic (exact) mass is 283 g/mol. The second-order valence-corrected chi connectivity index (χ2v) is 3.66. The Balaban J connectivity index is 2.46. The number of benzene rings is 1. The fourth-order valence-corrected chi connectivity index (χ4v) is 1.29. The summed E-state index contributed by atoms with van der Waals surface area (Å²) in [5, 5.41) is 0.0517. The maximum atomic E-state index is 11.7. The predicted molar refractivity (Wildman–Crippen MR) is 58.2 cm³/mol. The maximum Gasteiger partial charge on any atom is 0.411 e. The van der Waals surface area contributed by atoms with E-state index in [2.05, 4.69) is 9.47 Å². The minimum absolute atomic E-state index is 0.00137.